The lowest BCUT2D eigenvalue weighted by molar-refractivity contribution is -0.137. The normalized spacial score (nSPS) is 25.0. The molecule has 1 aromatic rings. The predicted molar refractivity (Wildman–Crippen MR) is 109 cm³/mol. The second-order valence-electron chi connectivity index (χ2n) is 7.25. The molecule has 152 valence electrons. The van der Waals surface area contributed by atoms with Crippen molar-refractivity contribution >= 4 is 16.8 Å². The molecule has 0 radical (unpaired) electrons. The van der Waals surface area contributed by atoms with Crippen molar-refractivity contribution in [3.63, 3.8) is 0 Å². The highest BCUT2D eigenvalue weighted by atomic mass is 32.2. The van der Waals surface area contributed by atoms with E-state index in [-0.39, 0.29) is 0 Å². The number of likely N-dealkylation sites (tertiary alicyclic amines) is 1. The summed E-state index contributed by atoms with van der Waals surface area (Å²) in [6, 6.07) is 5.82. The SMILES string of the molecule is CC.CC(=N)SCCCN1C[C@H]2CCC(c3ccc(C(F)(F)F)cc3)[C@H]2C1. The maximum absolute atomic E-state index is 12.7. The van der Waals surface area contributed by atoms with E-state index in [4.69, 9.17) is 5.41 Å². The van der Waals surface area contributed by atoms with Gasteiger partial charge in [-0.2, -0.15) is 13.2 Å². The minimum absolute atomic E-state index is 0.399. The highest BCUT2D eigenvalue weighted by Gasteiger charge is 2.42. The van der Waals surface area contributed by atoms with E-state index >= 15 is 0 Å². The zero-order valence-corrected chi connectivity index (χ0v) is 17.3. The molecule has 2 nitrogen and oxygen atoms in total. The van der Waals surface area contributed by atoms with E-state index in [0.29, 0.717) is 22.8 Å². The molecule has 2 fully saturated rings. The van der Waals surface area contributed by atoms with Crippen LogP contribution in [0.3, 0.4) is 0 Å². The quantitative estimate of drug-likeness (QED) is 0.358. The average Bonchev–Trinajstić information content (AvgIpc) is 3.20. The summed E-state index contributed by atoms with van der Waals surface area (Å²) in [5.74, 6) is 2.65. The van der Waals surface area contributed by atoms with Crippen molar-refractivity contribution in [1.82, 2.24) is 4.90 Å². The first-order chi connectivity index (χ1) is 12.8. The van der Waals surface area contributed by atoms with Crippen molar-refractivity contribution in [3.8, 4) is 0 Å². The fourth-order valence-electron chi connectivity index (χ4n) is 4.39. The number of rotatable bonds is 5. The van der Waals surface area contributed by atoms with E-state index in [1.165, 1.54) is 18.6 Å². The minimum Gasteiger partial charge on any atom is -0.303 e. The molecule has 1 aliphatic heterocycles. The fraction of sp³-hybridized carbons (Fsp3) is 0.667. The Bertz CT molecular complexity index is 600. The van der Waals surface area contributed by atoms with Gasteiger partial charge in [0.25, 0.3) is 0 Å². The zero-order valence-electron chi connectivity index (χ0n) is 16.5. The number of halogens is 3. The molecule has 1 aromatic carbocycles. The van der Waals surface area contributed by atoms with Crippen LogP contribution in [0.2, 0.25) is 0 Å². The molecule has 27 heavy (non-hydrogen) atoms. The van der Waals surface area contributed by atoms with Crippen molar-refractivity contribution in [3.05, 3.63) is 35.4 Å². The van der Waals surface area contributed by atoms with Gasteiger partial charge in [0, 0.05) is 18.8 Å². The second-order valence-corrected chi connectivity index (χ2v) is 8.55. The second kappa shape index (κ2) is 9.97. The van der Waals surface area contributed by atoms with Gasteiger partial charge >= 0.3 is 6.18 Å². The third-order valence-corrected chi connectivity index (χ3v) is 6.46. The van der Waals surface area contributed by atoms with Crippen LogP contribution in [0.25, 0.3) is 0 Å². The zero-order chi connectivity index (χ0) is 20.0. The molecular weight excluding hydrogens is 369 g/mol. The van der Waals surface area contributed by atoms with Gasteiger partial charge in [-0.25, -0.2) is 0 Å². The number of fused-ring (bicyclic) bond motifs is 1. The molecule has 0 spiro atoms. The van der Waals surface area contributed by atoms with Crippen LogP contribution in [-0.4, -0.2) is 35.3 Å². The smallest absolute Gasteiger partial charge is 0.303 e. The Morgan fingerprint density at radius 1 is 1.15 bits per heavy atom. The molecular formula is C21H31F3N2S. The van der Waals surface area contributed by atoms with Gasteiger partial charge in [0.1, 0.15) is 0 Å². The minimum atomic E-state index is -4.26. The monoisotopic (exact) mass is 400 g/mol. The number of hydrogen-bond donors (Lipinski definition) is 1. The van der Waals surface area contributed by atoms with Crippen molar-refractivity contribution < 1.29 is 13.2 Å². The summed E-state index contributed by atoms with van der Waals surface area (Å²) in [6.07, 6.45) is -0.891. The van der Waals surface area contributed by atoms with E-state index < -0.39 is 11.7 Å². The van der Waals surface area contributed by atoms with Crippen LogP contribution in [0.4, 0.5) is 13.2 Å². The van der Waals surface area contributed by atoms with E-state index in [1.807, 2.05) is 20.8 Å². The maximum atomic E-state index is 12.7. The highest BCUT2D eigenvalue weighted by Crippen LogP contribution is 2.47. The largest absolute Gasteiger partial charge is 0.416 e. The van der Waals surface area contributed by atoms with E-state index in [0.717, 1.165) is 43.8 Å². The van der Waals surface area contributed by atoms with Crippen LogP contribution in [0, 0.1) is 17.2 Å². The summed E-state index contributed by atoms with van der Waals surface area (Å²) in [6.45, 7) is 9.06. The summed E-state index contributed by atoms with van der Waals surface area (Å²) in [7, 11) is 0. The Hall–Kier alpha value is -1.01. The summed E-state index contributed by atoms with van der Waals surface area (Å²) >= 11 is 1.60. The summed E-state index contributed by atoms with van der Waals surface area (Å²) in [5.41, 5.74) is 0.509. The molecule has 6 heteroatoms. The van der Waals surface area contributed by atoms with Crippen molar-refractivity contribution in [1.29, 1.82) is 5.41 Å². The van der Waals surface area contributed by atoms with E-state index in [2.05, 4.69) is 4.90 Å². The number of benzene rings is 1. The molecule has 3 rings (SSSR count). The third kappa shape index (κ3) is 5.98. The molecule has 1 unspecified atom stereocenters. The van der Waals surface area contributed by atoms with Crippen LogP contribution in [0.1, 0.15) is 57.1 Å². The van der Waals surface area contributed by atoms with Crippen LogP contribution in [0.15, 0.2) is 24.3 Å². The predicted octanol–water partition coefficient (Wildman–Crippen LogP) is 6.28. The third-order valence-electron chi connectivity index (χ3n) is 5.54. The highest BCUT2D eigenvalue weighted by molar-refractivity contribution is 8.13. The molecule has 2 aliphatic rings. The van der Waals surface area contributed by atoms with Crippen LogP contribution in [-0.2, 0) is 6.18 Å². The van der Waals surface area contributed by atoms with E-state index in [1.54, 1.807) is 23.9 Å². The fourth-order valence-corrected chi connectivity index (χ4v) is 4.97. The Labute approximate surface area is 165 Å². The van der Waals surface area contributed by atoms with Gasteiger partial charge in [0.15, 0.2) is 0 Å². The van der Waals surface area contributed by atoms with Gasteiger partial charge in [-0.15, -0.1) is 11.8 Å². The first-order valence-electron chi connectivity index (χ1n) is 9.92. The topological polar surface area (TPSA) is 27.1 Å². The van der Waals surface area contributed by atoms with Gasteiger partial charge in [0.2, 0.25) is 0 Å². The number of hydrogen-bond acceptors (Lipinski definition) is 3. The molecule has 3 atom stereocenters. The Morgan fingerprint density at radius 3 is 2.41 bits per heavy atom. The van der Waals surface area contributed by atoms with Gasteiger partial charge in [-0.05, 0) is 68.2 Å². The lowest BCUT2D eigenvalue weighted by Crippen LogP contribution is -2.24. The standard InChI is InChI=1S/C19H25F3N2S.C2H6/c1-13(23)25-10-2-9-24-11-15-5-8-17(18(15)12-24)14-3-6-16(7-4-14)19(20,21)22;1-2/h3-4,6-7,15,17-18,23H,2,5,8-12H2,1H3;1-2H3/t15-,17?,18+;/m1./s1. The molecule has 0 aromatic heterocycles. The molecule has 0 bridgehead atoms. The lowest BCUT2D eigenvalue weighted by Gasteiger charge is -2.21. The Morgan fingerprint density at radius 2 is 1.81 bits per heavy atom. The van der Waals surface area contributed by atoms with Crippen LogP contribution < -0.4 is 0 Å². The first-order valence-corrected chi connectivity index (χ1v) is 10.9. The van der Waals surface area contributed by atoms with Crippen LogP contribution in [0.5, 0.6) is 0 Å². The molecule has 0 amide bonds. The van der Waals surface area contributed by atoms with Crippen molar-refractivity contribution in [2.24, 2.45) is 11.8 Å². The number of thioether (sulfide) groups is 1. The molecule has 1 saturated heterocycles. The first kappa shape index (κ1) is 22.3. The summed E-state index contributed by atoms with van der Waals surface area (Å²) < 4.78 is 38.2. The van der Waals surface area contributed by atoms with E-state index in [9.17, 15) is 13.2 Å². The van der Waals surface area contributed by atoms with Crippen molar-refractivity contribution in [2.45, 2.75) is 52.1 Å². The molecule has 1 N–H and O–H groups in total. The van der Waals surface area contributed by atoms with Gasteiger partial charge in [0.05, 0.1) is 10.6 Å². The van der Waals surface area contributed by atoms with Crippen molar-refractivity contribution in [2.75, 3.05) is 25.4 Å². The number of nitrogens with zero attached hydrogens (tertiary/aromatic N) is 1. The number of alkyl halides is 3. The van der Waals surface area contributed by atoms with Gasteiger partial charge in [-0.3, -0.25) is 5.41 Å². The van der Waals surface area contributed by atoms with Gasteiger partial charge < -0.3 is 4.90 Å². The summed E-state index contributed by atoms with van der Waals surface area (Å²) in [4.78, 5) is 2.51. The molecule has 1 heterocycles. The molecule has 1 aliphatic carbocycles. The average molecular weight is 401 g/mol. The summed E-state index contributed by atoms with van der Waals surface area (Å²) in [5, 5.41) is 8.11. The lowest BCUT2D eigenvalue weighted by atomic mass is 9.86. The molecule has 1 saturated carbocycles. The maximum Gasteiger partial charge on any atom is 0.416 e. The Kier molecular flexibility index (Phi) is 8.22. The van der Waals surface area contributed by atoms with Crippen LogP contribution >= 0.6 is 11.8 Å². The number of nitrogens with one attached hydrogen (secondary N) is 1. The Balaban J connectivity index is 0.00000126. The van der Waals surface area contributed by atoms with Gasteiger partial charge in [-0.1, -0.05) is 26.0 Å².